The number of hydrogen-bond acceptors (Lipinski definition) is 4. The van der Waals surface area contributed by atoms with E-state index >= 15 is 0 Å². The zero-order valence-electron chi connectivity index (χ0n) is 18.5. The number of carbonyl (C=O) groups is 1. The number of ether oxygens (including phenoxy) is 1. The molecule has 0 saturated carbocycles. The van der Waals surface area contributed by atoms with Crippen molar-refractivity contribution in [3.05, 3.63) is 89.5 Å². The van der Waals surface area contributed by atoms with Gasteiger partial charge in [0.2, 0.25) is 5.91 Å². The average Bonchev–Trinajstić information content (AvgIpc) is 2.76. The van der Waals surface area contributed by atoms with Gasteiger partial charge in [0.15, 0.2) is 0 Å². The third-order valence-electron chi connectivity index (χ3n) is 4.92. The molecule has 0 aliphatic carbocycles. The maximum absolute atomic E-state index is 13.4. The molecule has 32 heavy (non-hydrogen) atoms. The first-order valence-corrected chi connectivity index (χ1v) is 11.8. The van der Waals surface area contributed by atoms with Gasteiger partial charge in [0.25, 0.3) is 10.0 Å². The summed E-state index contributed by atoms with van der Waals surface area (Å²) in [5, 5.41) is 2.75. The number of sulfonamides is 1. The molecule has 6 nitrogen and oxygen atoms in total. The molecule has 3 rings (SSSR count). The van der Waals surface area contributed by atoms with Crippen LogP contribution in [0.15, 0.2) is 77.7 Å². The van der Waals surface area contributed by atoms with E-state index in [1.54, 1.807) is 24.3 Å². The van der Waals surface area contributed by atoms with Crippen LogP contribution >= 0.6 is 0 Å². The van der Waals surface area contributed by atoms with Crippen LogP contribution in [-0.2, 0) is 14.8 Å². The van der Waals surface area contributed by atoms with E-state index < -0.39 is 15.9 Å². The molecule has 0 aliphatic rings. The summed E-state index contributed by atoms with van der Waals surface area (Å²) in [5.41, 5.74) is 3.36. The summed E-state index contributed by atoms with van der Waals surface area (Å²) in [6.07, 6.45) is 0. The molecule has 3 aromatic carbocycles. The van der Waals surface area contributed by atoms with E-state index in [2.05, 4.69) is 5.32 Å². The zero-order valence-corrected chi connectivity index (χ0v) is 19.4. The number of carbonyl (C=O) groups excluding carboxylic acids is 1. The topological polar surface area (TPSA) is 75.7 Å². The molecule has 0 fully saturated rings. The second-order valence-corrected chi connectivity index (χ2v) is 9.49. The lowest BCUT2D eigenvalue weighted by Crippen LogP contribution is -2.42. The summed E-state index contributed by atoms with van der Waals surface area (Å²) < 4.78 is 33.6. The van der Waals surface area contributed by atoms with Gasteiger partial charge in [-0.3, -0.25) is 9.10 Å². The first kappa shape index (κ1) is 23.3. The van der Waals surface area contributed by atoms with E-state index in [4.69, 9.17) is 4.74 Å². The lowest BCUT2D eigenvalue weighted by molar-refractivity contribution is -0.119. The SMILES string of the molecule is Cc1cccc(OCCNC(=O)CN(c2ccc(C)cc2C)S(=O)(=O)c2ccccc2)c1. The van der Waals surface area contributed by atoms with Gasteiger partial charge < -0.3 is 10.1 Å². The average molecular weight is 453 g/mol. The Kier molecular flexibility index (Phi) is 7.53. The van der Waals surface area contributed by atoms with E-state index in [1.165, 1.54) is 12.1 Å². The molecule has 7 heteroatoms. The number of benzene rings is 3. The van der Waals surface area contributed by atoms with Crippen molar-refractivity contribution in [3.63, 3.8) is 0 Å². The van der Waals surface area contributed by atoms with Crippen LogP contribution in [0.3, 0.4) is 0 Å². The number of hydrogen-bond donors (Lipinski definition) is 1. The highest BCUT2D eigenvalue weighted by Gasteiger charge is 2.28. The molecule has 0 bridgehead atoms. The molecule has 0 unspecified atom stereocenters. The van der Waals surface area contributed by atoms with Gasteiger partial charge in [0.05, 0.1) is 17.1 Å². The van der Waals surface area contributed by atoms with E-state index in [-0.39, 0.29) is 24.6 Å². The first-order valence-electron chi connectivity index (χ1n) is 10.4. The van der Waals surface area contributed by atoms with Crippen LogP contribution in [0.4, 0.5) is 5.69 Å². The van der Waals surface area contributed by atoms with Crippen molar-refractivity contribution < 1.29 is 17.9 Å². The number of aryl methyl sites for hydroxylation is 3. The van der Waals surface area contributed by atoms with E-state index in [0.717, 1.165) is 26.7 Å². The molecule has 0 aromatic heterocycles. The Labute approximate surface area is 189 Å². The lowest BCUT2D eigenvalue weighted by Gasteiger charge is -2.26. The molecule has 0 aliphatic heterocycles. The summed E-state index contributed by atoms with van der Waals surface area (Å²) in [5.74, 6) is 0.320. The molecule has 168 valence electrons. The largest absolute Gasteiger partial charge is 0.492 e. The van der Waals surface area contributed by atoms with Crippen LogP contribution < -0.4 is 14.4 Å². The number of nitrogens with one attached hydrogen (secondary N) is 1. The van der Waals surface area contributed by atoms with E-state index in [0.29, 0.717) is 5.69 Å². The molecule has 3 aromatic rings. The zero-order chi connectivity index (χ0) is 23.1. The molecule has 1 amide bonds. The van der Waals surface area contributed by atoms with Crippen LogP contribution in [0.2, 0.25) is 0 Å². The van der Waals surface area contributed by atoms with Crippen molar-refractivity contribution in [2.75, 3.05) is 24.0 Å². The van der Waals surface area contributed by atoms with E-state index in [9.17, 15) is 13.2 Å². The fraction of sp³-hybridized carbons (Fsp3) is 0.240. The maximum atomic E-state index is 13.4. The minimum atomic E-state index is -3.92. The summed E-state index contributed by atoms with van der Waals surface area (Å²) in [6.45, 7) is 5.97. The molecule has 0 spiro atoms. The lowest BCUT2D eigenvalue weighted by atomic mass is 10.1. The van der Waals surface area contributed by atoms with Crippen molar-refractivity contribution >= 4 is 21.6 Å². The number of amides is 1. The molecular formula is C25H28N2O4S. The summed E-state index contributed by atoms with van der Waals surface area (Å²) in [4.78, 5) is 12.8. The van der Waals surface area contributed by atoms with Gasteiger partial charge in [-0.1, -0.05) is 48.0 Å². The van der Waals surface area contributed by atoms with Crippen molar-refractivity contribution in [3.8, 4) is 5.75 Å². The predicted molar refractivity (Wildman–Crippen MR) is 127 cm³/mol. The second kappa shape index (κ2) is 10.3. The fourth-order valence-electron chi connectivity index (χ4n) is 3.36. The van der Waals surface area contributed by atoms with Gasteiger partial charge in [-0.2, -0.15) is 0 Å². The Bertz CT molecular complexity index is 1180. The minimum absolute atomic E-state index is 0.135. The van der Waals surface area contributed by atoms with Crippen LogP contribution in [0.5, 0.6) is 5.75 Å². The van der Waals surface area contributed by atoms with Crippen LogP contribution in [0.25, 0.3) is 0 Å². The normalized spacial score (nSPS) is 11.1. The van der Waals surface area contributed by atoms with Gasteiger partial charge in [-0.15, -0.1) is 0 Å². The van der Waals surface area contributed by atoms with Gasteiger partial charge in [-0.25, -0.2) is 8.42 Å². The van der Waals surface area contributed by atoms with Crippen molar-refractivity contribution in [1.29, 1.82) is 0 Å². The molecule has 1 N–H and O–H groups in total. The Hall–Kier alpha value is -3.32. The highest BCUT2D eigenvalue weighted by atomic mass is 32.2. The first-order chi connectivity index (χ1) is 15.3. The number of rotatable bonds is 9. The Morgan fingerprint density at radius 1 is 0.906 bits per heavy atom. The van der Waals surface area contributed by atoms with Gasteiger partial charge in [0.1, 0.15) is 18.9 Å². The van der Waals surface area contributed by atoms with Crippen molar-refractivity contribution in [1.82, 2.24) is 5.32 Å². The number of nitrogens with zero attached hydrogens (tertiary/aromatic N) is 1. The molecular weight excluding hydrogens is 424 g/mol. The standard InChI is InChI=1S/C25H28N2O4S/c1-19-8-7-9-22(17-19)31-15-14-26-25(28)18-27(24-13-12-20(2)16-21(24)3)32(29,30)23-10-5-4-6-11-23/h4-13,16-17H,14-15,18H2,1-3H3,(H,26,28). The fourth-order valence-corrected chi connectivity index (χ4v) is 4.86. The van der Waals surface area contributed by atoms with Crippen molar-refractivity contribution in [2.45, 2.75) is 25.7 Å². The predicted octanol–water partition coefficient (Wildman–Crippen LogP) is 4.00. The van der Waals surface area contributed by atoms with Gasteiger partial charge in [-0.05, 0) is 62.2 Å². The quantitative estimate of drug-likeness (QED) is 0.498. The Morgan fingerprint density at radius 2 is 1.62 bits per heavy atom. The summed E-state index contributed by atoms with van der Waals surface area (Å²) >= 11 is 0. The Balaban J connectivity index is 1.73. The molecule has 0 radical (unpaired) electrons. The third-order valence-corrected chi connectivity index (χ3v) is 6.70. The third kappa shape index (κ3) is 5.88. The smallest absolute Gasteiger partial charge is 0.264 e. The number of anilines is 1. The maximum Gasteiger partial charge on any atom is 0.264 e. The minimum Gasteiger partial charge on any atom is -0.492 e. The highest BCUT2D eigenvalue weighted by molar-refractivity contribution is 7.92. The molecule has 0 atom stereocenters. The van der Waals surface area contributed by atoms with Crippen molar-refractivity contribution in [2.24, 2.45) is 0 Å². The van der Waals surface area contributed by atoms with Crippen LogP contribution in [0.1, 0.15) is 16.7 Å². The second-order valence-electron chi connectivity index (χ2n) is 7.63. The van der Waals surface area contributed by atoms with Gasteiger partial charge >= 0.3 is 0 Å². The Morgan fingerprint density at radius 3 is 2.31 bits per heavy atom. The van der Waals surface area contributed by atoms with E-state index in [1.807, 2.05) is 57.2 Å². The summed E-state index contributed by atoms with van der Waals surface area (Å²) in [6, 6.07) is 21.2. The van der Waals surface area contributed by atoms with Gasteiger partial charge in [0, 0.05) is 0 Å². The highest BCUT2D eigenvalue weighted by Crippen LogP contribution is 2.27. The summed E-state index contributed by atoms with van der Waals surface area (Å²) in [7, 11) is -3.92. The van der Waals surface area contributed by atoms with Crippen LogP contribution in [0, 0.1) is 20.8 Å². The van der Waals surface area contributed by atoms with Crippen LogP contribution in [-0.4, -0.2) is 34.0 Å². The monoisotopic (exact) mass is 452 g/mol. The molecule has 0 saturated heterocycles. The molecule has 0 heterocycles.